The Morgan fingerprint density at radius 2 is 2.07 bits per heavy atom. The van der Waals surface area contributed by atoms with E-state index >= 15 is 0 Å². The molecule has 0 unspecified atom stereocenters. The first-order valence-corrected chi connectivity index (χ1v) is 5.30. The molecule has 1 fully saturated rings. The molecule has 1 saturated heterocycles. The van der Waals surface area contributed by atoms with Gasteiger partial charge in [0.15, 0.2) is 0 Å². The normalized spacial score (nSPS) is 25.5. The van der Waals surface area contributed by atoms with Crippen molar-refractivity contribution in [3.05, 3.63) is 29.8 Å². The van der Waals surface area contributed by atoms with Gasteiger partial charge in [0, 0.05) is 31.5 Å². The van der Waals surface area contributed by atoms with Crippen LogP contribution in [0.25, 0.3) is 0 Å². The lowest BCUT2D eigenvalue weighted by atomic mass is 9.89. The van der Waals surface area contributed by atoms with Crippen molar-refractivity contribution in [2.24, 2.45) is 5.92 Å². The van der Waals surface area contributed by atoms with Crippen molar-refractivity contribution in [1.29, 1.82) is 0 Å². The molecule has 0 spiro atoms. The Kier molecular flexibility index (Phi) is 3.23. The standard InChI is InChI=1S/C12H17NO2/c1-15-11-4-2-9(3-5-11)12-7-13-6-10(12)8-14/h2-5,10,12-14H,6-8H2,1H3/t10-,12-/m0/s1. The Labute approximate surface area is 90.1 Å². The first-order valence-electron chi connectivity index (χ1n) is 5.30. The molecule has 15 heavy (non-hydrogen) atoms. The van der Waals surface area contributed by atoms with Crippen molar-refractivity contribution in [1.82, 2.24) is 5.32 Å². The third-order valence-electron chi connectivity index (χ3n) is 3.12. The van der Waals surface area contributed by atoms with E-state index in [4.69, 9.17) is 4.74 Å². The first-order chi connectivity index (χ1) is 7.35. The van der Waals surface area contributed by atoms with Gasteiger partial charge in [0.2, 0.25) is 0 Å². The number of hydrogen-bond acceptors (Lipinski definition) is 3. The van der Waals surface area contributed by atoms with Gasteiger partial charge < -0.3 is 15.2 Å². The quantitative estimate of drug-likeness (QED) is 0.776. The van der Waals surface area contributed by atoms with Crippen LogP contribution < -0.4 is 10.1 Å². The molecule has 2 rings (SSSR count). The maximum atomic E-state index is 9.23. The van der Waals surface area contributed by atoms with E-state index < -0.39 is 0 Å². The minimum Gasteiger partial charge on any atom is -0.497 e. The minimum atomic E-state index is 0.254. The van der Waals surface area contributed by atoms with Gasteiger partial charge in [-0.3, -0.25) is 0 Å². The molecule has 3 heteroatoms. The van der Waals surface area contributed by atoms with Crippen molar-refractivity contribution in [2.75, 3.05) is 26.8 Å². The third-order valence-corrected chi connectivity index (χ3v) is 3.12. The lowest BCUT2D eigenvalue weighted by molar-refractivity contribution is 0.226. The van der Waals surface area contributed by atoms with E-state index in [2.05, 4.69) is 17.4 Å². The topological polar surface area (TPSA) is 41.5 Å². The molecular weight excluding hydrogens is 190 g/mol. The number of rotatable bonds is 3. The number of nitrogens with one attached hydrogen (secondary N) is 1. The van der Waals surface area contributed by atoms with Gasteiger partial charge in [-0.1, -0.05) is 12.1 Å². The maximum Gasteiger partial charge on any atom is 0.118 e. The Balaban J connectivity index is 2.14. The smallest absolute Gasteiger partial charge is 0.118 e. The molecule has 2 atom stereocenters. The van der Waals surface area contributed by atoms with Crippen LogP contribution in [0.4, 0.5) is 0 Å². The molecule has 1 aliphatic heterocycles. The number of methoxy groups -OCH3 is 1. The predicted octanol–water partition coefficient (Wildman–Crippen LogP) is 0.990. The fourth-order valence-electron chi connectivity index (χ4n) is 2.17. The van der Waals surface area contributed by atoms with Crippen molar-refractivity contribution in [3.8, 4) is 5.75 Å². The van der Waals surface area contributed by atoms with Crippen molar-refractivity contribution in [3.63, 3.8) is 0 Å². The van der Waals surface area contributed by atoms with Crippen molar-refractivity contribution < 1.29 is 9.84 Å². The fraction of sp³-hybridized carbons (Fsp3) is 0.500. The van der Waals surface area contributed by atoms with Crippen LogP contribution in [0, 0.1) is 5.92 Å². The van der Waals surface area contributed by atoms with E-state index in [-0.39, 0.29) is 6.61 Å². The van der Waals surface area contributed by atoms with E-state index in [1.54, 1.807) is 7.11 Å². The molecule has 2 N–H and O–H groups in total. The highest BCUT2D eigenvalue weighted by Gasteiger charge is 2.27. The summed E-state index contributed by atoms with van der Waals surface area (Å²) in [5.74, 6) is 1.66. The second kappa shape index (κ2) is 4.64. The minimum absolute atomic E-state index is 0.254. The van der Waals surface area contributed by atoms with Crippen molar-refractivity contribution in [2.45, 2.75) is 5.92 Å². The molecule has 0 saturated carbocycles. The summed E-state index contributed by atoms with van der Waals surface area (Å²) in [6.07, 6.45) is 0. The number of aliphatic hydroxyl groups is 1. The average Bonchev–Trinajstić information content (AvgIpc) is 2.77. The van der Waals surface area contributed by atoms with Gasteiger partial charge in [-0.25, -0.2) is 0 Å². The second-order valence-electron chi connectivity index (χ2n) is 3.98. The Morgan fingerprint density at radius 1 is 1.33 bits per heavy atom. The highest BCUT2D eigenvalue weighted by molar-refractivity contribution is 5.30. The van der Waals surface area contributed by atoms with Crippen LogP contribution in [0.3, 0.4) is 0 Å². The van der Waals surface area contributed by atoms with Gasteiger partial charge in [-0.05, 0) is 17.7 Å². The van der Waals surface area contributed by atoms with Gasteiger partial charge >= 0.3 is 0 Å². The van der Waals surface area contributed by atoms with Gasteiger partial charge in [-0.2, -0.15) is 0 Å². The van der Waals surface area contributed by atoms with E-state index in [0.29, 0.717) is 11.8 Å². The monoisotopic (exact) mass is 207 g/mol. The summed E-state index contributed by atoms with van der Waals surface area (Å²) in [6, 6.07) is 8.11. The lowest BCUT2D eigenvalue weighted by Crippen LogP contribution is -2.14. The Bertz CT molecular complexity index is 310. The Hall–Kier alpha value is -1.06. The lowest BCUT2D eigenvalue weighted by Gasteiger charge is -2.16. The third kappa shape index (κ3) is 2.13. The largest absolute Gasteiger partial charge is 0.497 e. The highest BCUT2D eigenvalue weighted by Crippen LogP contribution is 2.28. The predicted molar refractivity (Wildman–Crippen MR) is 59.2 cm³/mol. The molecule has 1 aromatic rings. The zero-order valence-electron chi connectivity index (χ0n) is 8.94. The number of hydrogen-bond donors (Lipinski definition) is 2. The van der Waals surface area contributed by atoms with E-state index in [9.17, 15) is 5.11 Å². The SMILES string of the molecule is COc1ccc([C@@H]2CNC[C@H]2CO)cc1. The number of ether oxygens (including phenoxy) is 1. The molecule has 1 aliphatic rings. The molecule has 0 bridgehead atoms. The fourth-order valence-corrected chi connectivity index (χ4v) is 2.17. The van der Waals surface area contributed by atoms with E-state index in [1.807, 2.05) is 12.1 Å². The van der Waals surface area contributed by atoms with Crippen LogP contribution in [-0.2, 0) is 0 Å². The molecule has 3 nitrogen and oxygen atoms in total. The second-order valence-corrected chi connectivity index (χ2v) is 3.98. The van der Waals surface area contributed by atoms with Crippen LogP contribution in [0.2, 0.25) is 0 Å². The molecule has 1 aromatic carbocycles. The summed E-state index contributed by atoms with van der Waals surface area (Å²) in [5, 5.41) is 12.5. The van der Waals surface area contributed by atoms with Crippen LogP contribution in [0.15, 0.2) is 24.3 Å². The maximum absolute atomic E-state index is 9.23. The van der Waals surface area contributed by atoms with Crippen LogP contribution in [0.1, 0.15) is 11.5 Å². The summed E-state index contributed by atoms with van der Waals surface area (Å²) in [7, 11) is 1.67. The molecule has 0 radical (unpaired) electrons. The van der Waals surface area contributed by atoms with Gasteiger partial charge in [-0.15, -0.1) is 0 Å². The Morgan fingerprint density at radius 3 is 2.67 bits per heavy atom. The molecule has 0 aromatic heterocycles. The van der Waals surface area contributed by atoms with Crippen LogP contribution in [0.5, 0.6) is 5.75 Å². The highest BCUT2D eigenvalue weighted by atomic mass is 16.5. The number of aliphatic hydroxyl groups excluding tert-OH is 1. The zero-order valence-corrected chi connectivity index (χ0v) is 8.94. The number of benzene rings is 1. The summed E-state index contributed by atoms with van der Waals surface area (Å²) in [6.45, 7) is 2.12. The zero-order chi connectivity index (χ0) is 10.7. The van der Waals surface area contributed by atoms with Gasteiger partial charge in [0.1, 0.15) is 5.75 Å². The van der Waals surface area contributed by atoms with Gasteiger partial charge in [0.05, 0.1) is 7.11 Å². The molecular formula is C12H17NO2. The van der Waals surface area contributed by atoms with Crippen molar-refractivity contribution >= 4 is 0 Å². The molecule has 1 heterocycles. The van der Waals surface area contributed by atoms with Crippen LogP contribution >= 0.6 is 0 Å². The molecule has 0 amide bonds. The summed E-state index contributed by atoms with van der Waals surface area (Å²) >= 11 is 0. The van der Waals surface area contributed by atoms with Gasteiger partial charge in [0.25, 0.3) is 0 Å². The van der Waals surface area contributed by atoms with E-state index in [0.717, 1.165) is 18.8 Å². The first kappa shape index (κ1) is 10.5. The average molecular weight is 207 g/mol. The van der Waals surface area contributed by atoms with E-state index in [1.165, 1.54) is 5.56 Å². The molecule has 82 valence electrons. The summed E-state index contributed by atoms with van der Waals surface area (Å²) in [5.41, 5.74) is 1.28. The van der Waals surface area contributed by atoms with Crippen LogP contribution in [-0.4, -0.2) is 31.9 Å². The molecule has 0 aliphatic carbocycles. The summed E-state index contributed by atoms with van der Waals surface area (Å²) < 4.78 is 5.12. The summed E-state index contributed by atoms with van der Waals surface area (Å²) in [4.78, 5) is 0.